The number of aryl methyl sites for hydroxylation is 1. The van der Waals surface area contributed by atoms with Crippen molar-refractivity contribution in [3.05, 3.63) is 70.9 Å². The molecule has 10 heteroatoms. The number of carbonyl (C=O) groups excluding carboxylic acids is 3. The fourth-order valence-electron chi connectivity index (χ4n) is 5.26. The van der Waals surface area contributed by atoms with Gasteiger partial charge in [0, 0.05) is 19.5 Å². The molecule has 3 atom stereocenters. The van der Waals surface area contributed by atoms with Crippen LogP contribution in [0.3, 0.4) is 0 Å². The van der Waals surface area contributed by atoms with Crippen molar-refractivity contribution in [3.8, 4) is 16.2 Å². The predicted octanol–water partition coefficient (Wildman–Crippen LogP) is 4.65. The zero-order valence-corrected chi connectivity index (χ0v) is 27.1. The minimum atomic E-state index is -0.887. The Balaban J connectivity index is 1.39. The number of β-amino-alcohol motifs (C(OH)–C–C–N with tert-alkyl or cyclic N) is 1. The van der Waals surface area contributed by atoms with Gasteiger partial charge in [0.2, 0.25) is 17.7 Å². The van der Waals surface area contributed by atoms with Gasteiger partial charge in [0.15, 0.2) is 0 Å². The van der Waals surface area contributed by atoms with Crippen LogP contribution in [0.2, 0.25) is 0 Å². The minimum Gasteiger partial charge on any atom is -0.494 e. The van der Waals surface area contributed by atoms with E-state index in [-0.39, 0.29) is 43.7 Å². The molecule has 3 aromatic rings. The Hall–Kier alpha value is -3.76. The Labute approximate surface area is 264 Å². The molecule has 3 amide bonds. The van der Waals surface area contributed by atoms with Gasteiger partial charge in [-0.1, -0.05) is 70.5 Å². The molecule has 1 saturated heterocycles. The first-order chi connectivity index (χ1) is 21.0. The first kappa shape index (κ1) is 33.1. The van der Waals surface area contributed by atoms with Crippen LogP contribution in [0.5, 0.6) is 5.75 Å². The van der Waals surface area contributed by atoms with Gasteiger partial charge in [-0.3, -0.25) is 14.4 Å². The molecule has 4 rings (SSSR count). The Morgan fingerprint density at radius 1 is 1.14 bits per heavy atom. The van der Waals surface area contributed by atoms with Crippen molar-refractivity contribution in [3.63, 3.8) is 0 Å². The molecule has 0 saturated carbocycles. The SMILES string of the molecule is CCCCOc1cccc(CC(=O)N[C@H](C(=O)N2C[C@H](O)C[C@H]2C(=O)NCc2ccc(-c3scnc3C)cc2)C(C)(C)C)c1. The predicted molar refractivity (Wildman–Crippen MR) is 172 cm³/mol. The summed E-state index contributed by atoms with van der Waals surface area (Å²) in [6.07, 6.45) is 1.37. The lowest BCUT2D eigenvalue weighted by molar-refractivity contribution is -0.144. The summed E-state index contributed by atoms with van der Waals surface area (Å²) in [7, 11) is 0. The van der Waals surface area contributed by atoms with E-state index in [0.29, 0.717) is 12.4 Å². The van der Waals surface area contributed by atoms with Crippen LogP contribution >= 0.6 is 11.3 Å². The number of ether oxygens (including phenoxy) is 1. The number of hydrogen-bond donors (Lipinski definition) is 3. The molecule has 0 radical (unpaired) electrons. The van der Waals surface area contributed by atoms with Gasteiger partial charge in [0.05, 0.1) is 35.2 Å². The van der Waals surface area contributed by atoms with Crippen LogP contribution in [0.4, 0.5) is 0 Å². The monoisotopic (exact) mass is 620 g/mol. The number of carbonyl (C=O) groups is 3. The molecule has 1 aliphatic heterocycles. The molecular weight excluding hydrogens is 576 g/mol. The van der Waals surface area contributed by atoms with Crippen molar-refractivity contribution in [2.75, 3.05) is 13.2 Å². The Morgan fingerprint density at radius 2 is 1.89 bits per heavy atom. The van der Waals surface area contributed by atoms with Gasteiger partial charge in [-0.05, 0) is 47.6 Å². The van der Waals surface area contributed by atoms with Crippen molar-refractivity contribution < 1.29 is 24.2 Å². The number of unbranched alkanes of at least 4 members (excludes halogenated alkanes) is 1. The molecule has 3 N–H and O–H groups in total. The van der Waals surface area contributed by atoms with Gasteiger partial charge in [-0.2, -0.15) is 0 Å². The Bertz CT molecular complexity index is 1430. The van der Waals surface area contributed by atoms with E-state index < -0.39 is 23.6 Å². The second kappa shape index (κ2) is 14.8. The average Bonchev–Trinajstić information content (AvgIpc) is 3.59. The topological polar surface area (TPSA) is 121 Å². The molecule has 2 heterocycles. The van der Waals surface area contributed by atoms with E-state index in [0.717, 1.165) is 40.1 Å². The third kappa shape index (κ3) is 8.66. The molecule has 0 spiro atoms. The van der Waals surface area contributed by atoms with E-state index in [1.165, 1.54) is 4.90 Å². The third-order valence-electron chi connectivity index (χ3n) is 7.74. The molecule has 0 unspecified atom stereocenters. The highest BCUT2D eigenvalue weighted by atomic mass is 32.1. The molecule has 44 heavy (non-hydrogen) atoms. The number of amides is 3. The fraction of sp³-hybridized carbons (Fsp3) is 0.471. The summed E-state index contributed by atoms with van der Waals surface area (Å²) in [5.41, 5.74) is 4.93. The maximum absolute atomic E-state index is 13.9. The zero-order chi connectivity index (χ0) is 31.9. The van der Waals surface area contributed by atoms with E-state index >= 15 is 0 Å². The lowest BCUT2D eigenvalue weighted by Crippen LogP contribution is -2.58. The Morgan fingerprint density at radius 3 is 2.55 bits per heavy atom. The number of likely N-dealkylation sites (tertiary alicyclic amines) is 1. The number of aliphatic hydroxyl groups excluding tert-OH is 1. The van der Waals surface area contributed by atoms with Crippen molar-refractivity contribution in [2.45, 2.75) is 85.0 Å². The summed E-state index contributed by atoms with van der Waals surface area (Å²) in [6.45, 7) is 10.6. The van der Waals surface area contributed by atoms with Crippen LogP contribution in [-0.4, -0.2) is 64.1 Å². The lowest BCUT2D eigenvalue weighted by atomic mass is 9.85. The quantitative estimate of drug-likeness (QED) is 0.254. The van der Waals surface area contributed by atoms with Gasteiger partial charge in [0.1, 0.15) is 17.8 Å². The number of rotatable bonds is 12. The molecule has 1 fully saturated rings. The molecule has 2 aromatic carbocycles. The van der Waals surface area contributed by atoms with E-state index in [2.05, 4.69) is 22.5 Å². The summed E-state index contributed by atoms with van der Waals surface area (Å²) in [4.78, 5) is 47.2. The number of thiazole rings is 1. The number of nitrogens with zero attached hydrogens (tertiary/aromatic N) is 2. The van der Waals surface area contributed by atoms with Gasteiger partial charge < -0.3 is 25.4 Å². The zero-order valence-electron chi connectivity index (χ0n) is 26.3. The number of aromatic nitrogens is 1. The fourth-order valence-corrected chi connectivity index (χ4v) is 6.07. The van der Waals surface area contributed by atoms with Crippen LogP contribution in [0.25, 0.3) is 10.4 Å². The van der Waals surface area contributed by atoms with Crippen LogP contribution < -0.4 is 15.4 Å². The van der Waals surface area contributed by atoms with Gasteiger partial charge in [-0.25, -0.2) is 4.98 Å². The van der Waals surface area contributed by atoms with E-state index in [1.807, 2.05) is 81.7 Å². The largest absolute Gasteiger partial charge is 0.494 e. The van der Waals surface area contributed by atoms with E-state index in [9.17, 15) is 19.5 Å². The molecule has 1 aliphatic rings. The summed E-state index contributed by atoms with van der Waals surface area (Å²) in [5.74, 6) is -0.320. The highest BCUT2D eigenvalue weighted by Crippen LogP contribution is 2.28. The summed E-state index contributed by atoms with van der Waals surface area (Å²) >= 11 is 1.58. The normalized spacial score (nSPS) is 17.3. The summed E-state index contributed by atoms with van der Waals surface area (Å²) < 4.78 is 5.77. The Kier molecular flexibility index (Phi) is 11.2. The highest BCUT2D eigenvalue weighted by molar-refractivity contribution is 7.13. The maximum atomic E-state index is 13.9. The van der Waals surface area contributed by atoms with Gasteiger partial charge >= 0.3 is 0 Å². The summed E-state index contributed by atoms with van der Waals surface area (Å²) in [6, 6.07) is 13.6. The van der Waals surface area contributed by atoms with Crippen LogP contribution in [0.15, 0.2) is 54.0 Å². The lowest BCUT2D eigenvalue weighted by Gasteiger charge is -2.35. The number of nitrogens with one attached hydrogen (secondary N) is 2. The number of hydrogen-bond acceptors (Lipinski definition) is 7. The van der Waals surface area contributed by atoms with E-state index in [1.54, 1.807) is 11.3 Å². The molecule has 0 bridgehead atoms. The van der Waals surface area contributed by atoms with Crippen molar-refractivity contribution in [1.29, 1.82) is 0 Å². The maximum Gasteiger partial charge on any atom is 0.246 e. The molecule has 1 aromatic heterocycles. The average molecular weight is 621 g/mol. The third-order valence-corrected chi connectivity index (χ3v) is 8.72. The second-order valence-corrected chi connectivity index (χ2v) is 13.3. The van der Waals surface area contributed by atoms with Crippen LogP contribution in [-0.2, 0) is 27.3 Å². The van der Waals surface area contributed by atoms with Crippen LogP contribution in [0, 0.1) is 12.3 Å². The van der Waals surface area contributed by atoms with E-state index in [4.69, 9.17) is 4.74 Å². The molecular formula is C34H44N4O5S. The molecule has 236 valence electrons. The highest BCUT2D eigenvalue weighted by Gasteiger charge is 2.44. The second-order valence-electron chi connectivity index (χ2n) is 12.5. The van der Waals surface area contributed by atoms with Gasteiger partial charge in [0.25, 0.3) is 0 Å². The van der Waals surface area contributed by atoms with Crippen LogP contribution in [0.1, 0.15) is 63.8 Å². The number of benzene rings is 2. The molecule has 0 aliphatic carbocycles. The molecule has 9 nitrogen and oxygen atoms in total. The van der Waals surface area contributed by atoms with Crippen molar-refractivity contribution in [1.82, 2.24) is 20.5 Å². The van der Waals surface area contributed by atoms with Gasteiger partial charge in [-0.15, -0.1) is 11.3 Å². The number of aliphatic hydroxyl groups is 1. The smallest absolute Gasteiger partial charge is 0.246 e. The standard InChI is InChI=1S/C34H44N4O5S/c1-6-7-15-43-27-10-8-9-24(16-27)17-29(40)37-31(34(3,4)5)33(42)38-20-26(39)18-28(38)32(41)35-19-23-11-13-25(14-12-23)30-22(2)36-21-44-30/h8-14,16,21,26,28,31,39H,6-7,15,17-20H2,1-5H3,(H,35,41)(H,37,40)/t26-,28+,31-/m1/s1. The van der Waals surface area contributed by atoms with Crippen molar-refractivity contribution >= 4 is 29.1 Å². The first-order valence-electron chi connectivity index (χ1n) is 15.2. The summed E-state index contributed by atoms with van der Waals surface area (Å²) in [5, 5.41) is 16.3. The minimum absolute atomic E-state index is 0.0272. The first-order valence-corrected chi connectivity index (χ1v) is 16.1. The van der Waals surface area contributed by atoms with Crippen molar-refractivity contribution in [2.24, 2.45) is 5.41 Å².